The summed E-state index contributed by atoms with van der Waals surface area (Å²) in [7, 11) is 1.55. The van der Waals surface area contributed by atoms with Crippen molar-refractivity contribution in [1.82, 2.24) is 15.1 Å². The summed E-state index contributed by atoms with van der Waals surface area (Å²) in [6, 6.07) is 2.83. The number of hydrogen-bond donors (Lipinski definition) is 2. The number of rotatable bonds is 6. The molecule has 2 rings (SSSR count). The zero-order valence-corrected chi connectivity index (χ0v) is 10.7. The maximum atomic E-state index is 11.2. The van der Waals surface area contributed by atoms with Crippen molar-refractivity contribution < 1.29 is 14.1 Å². The van der Waals surface area contributed by atoms with Crippen LogP contribution in [0.15, 0.2) is 28.9 Å². The van der Waals surface area contributed by atoms with Gasteiger partial charge in [0.25, 0.3) is 0 Å². The van der Waals surface area contributed by atoms with Gasteiger partial charge in [-0.3, -0.25) is 19.6 Å². The fourth-order valence-electron chi connectivity index (χ4n) is 1.52. The van der Waals surface area contributed by atoms with Crippen molar-refractivity contribution in [2.45, 2.75) is 13.1 Å². The first kappa shape index (κ1) is 13.6. The molecular weight excluding hydrogens is 266 g/mol. The van der Waals surface area contributed by atoms with Crippen LogP contribution in [0.25, 0.3) is 0 Å². The molecule has 0 spiro atoms. The summed E-state index contributed by atoms with van der Waals surface area (Å²) in [5.74, 6) is -0.00540. The normalized spacial score (nSPS) is 10.2. The number of nitrogens with zero attached hydrogens (tertiary/aromatic N) is 3. The molecule has 2 heterocycles. The number of likely N-dealkylation sites (N-methyl/N-ethyl adjacent to an activating group) is 1. The van der Waals surface area contributed by atoms with Gasteiger partial charge >= 0.3 is 5.88 Å². The number of amides is 1. The number of carbonyl (C=O) groups excluding carboxylic acids is 1. The largest absolute Gasteiger partial charge is 0.433 e. The zero-order chi connectivity index (χ0) is 14.5. The van der Waals surface area contributed by atoms with Crippen molar-refractivity contribution >= 4 is 17.5 Å². The highest BCUT2D eigenvalue weighted by atomic mass is 16.6. The fraction of sp³-hybridized carbons (Fsp3) is 0.273. The monoisotopic (exact) mass is 279 g/mol. The Labute approximate surface area is 113 Å². The quantitative estimate of drug-likeness (QED) is 0.595. The van der Waals surface area contributed by atoms with Crippen LogP contribution >= 0.6 is 0 Å². The van der Waals surface area contributed by atoms with Crippen molar-refractivity contribution in [2.24, 2.45) is 0 Å². The first-order valence-corrected chi connectivity index (χ1v) is 5.78. The molecule has 0 fully saturated rings. The smallest absolute Gasteiger partial charge is 0.404 e. The van der Waals surface area contributed by atoms with Crippen LogP contribution in [0.3, 0.4) is 0 Å². The highest BCUT2D eigenvalue weighted by Crippen LogP contribution is 2.16. The lowest BCUT2D eigenvalue weighted by molar-refractivity contribution is -0.402. The van der Waals surface area contributed by atoms with Crippen LogP contribution in [0.4, 0.5) is 11.6 Å². The molecule has 2 N–H and O–H groups in total. The molecule has 0 aliphatic rings. The predicted molar refractivity (Wildman–Crippen MR) is 69.0 cm³/mol. The lowest BCUT2D eigenvalue weighted by Gasteiger charge is -2.00. The Morgan fingerprint density at radius 2 is 2.35 bits per heavy atom. The number of furan rings is 1. The Hall–Kier alpha value is -2.84. The summed E-state index contributed by atoms with van der Waals surface area (Å²) >= 11 is 0. The van der Waals surface area contributed by atoms with Gasteiger partial charge in [0, 0.05) is 13.2 Å². The summed E-state index contributed by atoms with van der Waals surface area (Å²) in [6.07, 6.45) is 3.22. The van der Waals surface area contributed by atoms with Gasteiger partial charge in [-0.05, 0) is 6.07 Å². The van der Waals surface area contributed by atoms with Gasteiger partial charge in [0.15, 0.2) is 0 Å². The van der Waals surface area contributed by atoms with Crippen molar-refractivity contribution in [3.63, 3.8) is 0 Å². The number of hydrogen-bond acceptors (Lipinski definition) is 6. The average molecular weight is 279 g/mol. The maximum absolute atomic E-state index is 11.2. The van der Waals surface area contributed by atoms with Crippen LogP contribution in [0, 0.1) is 10.1 Å². The molecule has 2 aromatic heterocycles. The van der Waals surface area contributed by atoms with E-state index in [0.717, 1.165) is 0 Å². The Morgan fingerprint density at radius 1 is 1.55 bits per heavy atom. The van der Waals surface area contributed by atoms with Gasteiger partial charge in [-0.2, -0.15) is 5.10 Å². The standard InChI is InChI=1S/C11H13N5O4/c1-12-10(17)7-15-6-8(4-14-15)13-5-9-2-3-11(20-9)16(18)19/h2-4,6,13H,5,7H2,1H3,(H,12,17). The topological polar surface area (TPSA) is 115 Å². The van der Waals surface area contributed by atoms with Crippen molar-refractivity contribution in [2.75, 3.05) is 12.4 Å². The van der Waals surface area contributed by atoms with Gasteiger partial charge in [0.05, 0.1) is 24.5 Å². The lowest BCUT2D eigenvalue weighted by Crippen LogP contribution is -2.23. The molecule has 0 unspecified atom stereocenters. The fourth-order valence-corrected chi connectivity index (χ4v) is 1.52. The predicted octanol–water partition coefficient (Wildman–Crippen LogP) is 0.742. The second-order valence-corrected chi connectivity index (χ2v) is 3.95. The highest BCUT2D eigenvalue weighted by molar-refractivity contribution is 5.75. The summed E-state index contributed by atoms with van der Waals surface area (Å²) in [5, 5.41) is 20.0. The minimum absolute atomic E-state index is 0.129. The number of carbonyl (C=O) groups is 1. The first-order chi connectivity index (χ1) is 9.58. The molecule has 0 bridgehead atoms. The minimum Gasteiger partial charge on any atom is -0.404 e. The third-order valence-electron chi connectivity index (χ3n) is 2.51. The summed E-state index contributed by atoms with van der Waals surface area (Å²) in [6.45, 7) is 0.421. The van der Waals surface area contributed by atoms with Crippen LogP contribution in [0.1, 0.15) is 5.76 Å². The number of nitrogens with one attached hydrogen (secondary N) is 2. The molecule has 106 valence electrons. The third-order valence-corrected chi connectivity index (χ3v) is 2.51. The second kappa shape index (κ2) is 5.87. The molecule has 20 heavy (non-hydrogen) atoms. The Balaban J connectivity index is 1.90. The van der Waals surface area contributed by atoms with Gasteiger partial charge in [0.1, 0.15) is 17.2 Å². The molecule has 0 aromatic carbocycles. The Bertz CT molecular complexity index is 618. The molecule has 0 saturated heterocycles. The highest BCUT2D eigenvalue weighted by Gasteiger charge is 2.11. The number of aromatic nitrogens is 2. The average Bonchev–Trinajstić information content (AvgIpc) is 3.05. The van der Waals surface area contributed by atoms with E-state index in [-0.39, 0.29) is 18.3 Å². The SMILES string of the molecule is CNC(=O)Cn1cc(NCc2ccc([N+](=O)[O-])o2)cn1. The second-order valence-electron chi connectivity index (χ2n) is 3.95. The van der Waals surface area contributed by atoms with Crippen molar-refractivity contribution in [3.8, 4) is 0 Å². The summed E-state index contributed by atoms with van der Waals surface area (Å²) < 4.78 is 6.48. The summed E-state index contributed by atoms with van der Waals surface area (Å²) in [5.41, 5.74) is 0.688. The molecule has 0 aliphatic heterocycles. The summed E-state index contributed by atoms with van der Waals surface area (Å²) in [4.78, 5) is 21.0. The van der Waals surface area contributed by atoms with E-state index in [1.807, 2.05) is 0 Å². The van der Waals surface area contributed by atoms with Gasteiger partial charge in [-0.15, -0.1) is 0 Å². The maximum Gasteiger partial charge on any atom is 0.433 e. The number of nitro groups is 1. The zero-order valence-electron chi connectivity index (χ0n) is 10.7. The van der Waals surface area contributed by atoms with Crippen LogP contribution in [-0.4, -0.2) is 27.7 Å². The Morgan fingerprint density at radius 3 is 3.00 bits per heavy atom. The molecule has 9 heteroatoms. The van der Waals surface area contributed by atoms with E-state index in [0.29, 0.717) is 18.0 Å². The van der Waals surface area contributed by atoms with Gasteiger partial charge in [0.2, 0.25) is 5.91 Å². The van der Waals surface area contributed by atoms with E-state index in [1.54, 1.807) is 19.4 Å². The molecular formula is C11H13N5O4. The van der Waals surface area contributed by atoms with E-state index in [1.165, 1.54) is 16.8 Å². The van der Waals surface area contributed by atoms with Crippen LogP contribution < -0.4 is 10.6 Å². The van der Waals surface area contributed by atoms with Gasteiger partial charge in [-0.1, -0.05) is 0 Å². The molecule has 0 radical (unpaired) electrons. The van der Waals surface area contributed by atoms with E-state index in [2.05, 4.69) is 15.7 Å². The van der Waals surface area contributed by atoms with Gasteiger partial charge in [-0.25, -0.2) is 0 Å². The van der Waals surface area contributed by atoms with Crippen LogP contribution in [-0.2, 0) is 17.9 Å². The van der Waals surface area contributed by atoms with Crippen LogP contribution in [0.5, 0.6) is 0 Å². The third kappa shape index (κ3) is 3.34. The van der Waals surface area contributed by atoms with E-state index in [4.69, 9.17) is 4.42 Å². The first-order valence-electron chi connectivity index (χ1n) is 5.78. The molecule has 1 amide bonds. The number of anilines is 1. The van der Waals surface area contributed by atoms with Crippen molar-refractivity contribution in [1.29, 1.82) is 0 Å². The van der Waals surface area contributed by atoms with Crippen LogP contribution in [0.2, 0.25) is 0 Å². The Kier molecular flexibility index (Phi) is 3.99. The van der Waals surface area contributed by atoms with E-state index >= 15 is 0 Å². The molecule has 0 saturated carbocycles. The van der Waals surface area contributed by atoms with E-state index in [9.17, 15) is 14.9 Å². The van der Waals surface area contributed by atoms with Gasteiger partial charge < -0.3 is 15.1 Å². The molecule has 0 aliphatic carbocycles. The van der Waals surface area contributed by atoms with Crippen molar-refractivity contribution in [3.05, 3.63) is 40.4 Å². The molecule has 2 aromatic rings. The molecule has 0 atom stereocenters. The molecule has 9 nitrogen and oxygen atoms in total. The van der Waals surface area contributed by atoms with E-state index < -0.39 is 4.92 Å². The lowest BCUT2D eigenvalue weighted by atomic mass is 10.4. The minimum atomic E-state index is -0.592.